The summed E-state index contributed by atoms with van der Waals surface area (Å²) in [6.07, 6.45) is -4.38. The molecule has 0 aliphatic carbocycles. The number of imidazole rings is 1. The Morgan fingerprint density at radius 2 is 1.84 bits per heavy atom. The largest absolute Gasteiger partial charge is 0.488 e. The number of hydrogen-bond donors (Lipinski definition) is 1. The highest BCUT2D eigenvalue weighted by atomic mass is 32.1. The highest BCUT2D eigenvalue weighted by molar-refractivity contribution is 7.15. The Balaban J connectivity index is 1.50. The van der Waals surface area contributed by atoms with Crippen molar-refractivity contribution >= 4 is 28.3 Å². The van der Waals surface area contributed by atoms with E-state index >= 15 is 0 Å². The summed E-state index contributed by atoms with van der Waals surface area (Å²) in [4.78, 5) is 20.8. The maximum atomic E-state index is 12.8. The zero-order chi connectivity index (χ0) is 23.0. The van der Waals surface area contributed by atoms with Gasteiger partial charge in [-0.3, -0.25) is 4.79 Å². The molecule has 10 heteroatoms. The topological polar surface area (TPSA) is 77.2 Å². The van der Waals surface area contributed by atoms with Crippen LogP contribution in [0.3, 0.4) is 0 Å². The fourth-order valence-electron chi connectivity index (χ4n) is 3.29. The first kappa shape index (κ1) is 21.8. The molecule has 0 spiro atoms. The Labute approximate surface area is 184 Å². The lowest BCUT2D eigenvalue weighted by atomic mass is 10.1. The molecule has 4 rings (SSSR count). The molecule has 2 aromatic carbocycles. The van der Waals surface area contributed by atoms with E-state index in [0.717, 1.165) is 22.7 Å². The molecule has 0 fully saturated rings. The zero-order valence-electron chi connectivity index (χ0n) is 17.1. The predicted molar refractivity (Wildman–Crippen MR) is 114 cm³/mol. The maximum absolute atomic E-state index is 12.8. The van der Waals surface area contributed by atoms with Crippen LogP contribution in [0, 0.1) is 13.8 Å². The lowest BCUT2D eigenvalue weighted by Gasteiger charge is -2.06. The molecule has 0 amide bonds. The normalized spacial score (nSPS) is 11.8. The fourth-order valence-corrected chi connectivity index (χ4v) is 4.27. The highest BCUT2D eigenvalue weighted by Gasteiger charge is 2.30. The molecule has 1 N–H and O–H groups in total. The summed E-state index contributed by atoms with van der Waals surface area (Å²) in [6, 6.07) is 10.2. The van der Waals surface area contributed by atoms with Crippen molar-refractivity contribution in [3.63, 3.8) is 0 Å². The first-order chi connectivity index (χ1) is 15.1. The molecule has 2 aromatic heterocycles. The van der Waals surface area contributed by atoms with Gasteiger partial charge in [0.1, 0.15) is 29.7 Å². The third-order valence-corrected chi connectivity index (χ3v) is 6.11. The number of aryl methyl sites for hydroxylation is 2. The van der Waals surface area contributed by atoms with Gasteiger partial charge in [0, 0.05) is 11.6 Å². The number of carbonyl (C=O) groups is 1. The van der Waals surface area contributed by atoms with Crippen LogP contribution in [0.25, 0.3) is 21.6 Å². The van der Waals surface area contributed by atoms with Crippen molar-refractivity contribution in [2.24, 2.45) is 0 Å². The minimum atomic E-state index is -4.38. The van der Waals surface area contributed by atoms with E-state index in [9.17, 15) is 18.0 Å². The molecule has 0 saturated heterocycles. The molecule has 166 valence electrons. The predicted octanol–water partition coefficient (Wildman–Crippen LogP) is 5.46. The number of aromatic nitrogens is 3. The lowest BCUT2D eigenvalue weighted by molar-refractivity contribution is -0.138. The van der Waals surface area contributed by atoms with E-state index in [2.05, 4.69) is 9.97 Å². The van der Waals surface area contributed by atoms with E-state index in [1.165, 1.54) is 23.5 Å². The second kappa shape index (κ2) is 8.27. The van der Waals surface area contributed by atoms with E-state index in [0.29, 0.717) is 33.2 Å². The van der Waals surface area contributed by atoms with Gasteiger partial charge in [-0.15, -0.1) is 11.3 Å². The first-order valence-electron chi connectivity index (χ1n) is 9.57. The second-order valence-corrected chi connectivity index (χ2v) is 8.26. The Morgan fingerprint density at radius 1 is 1.12 bits per heavy atom. The molecule has 6 nitrogen and oxygen atoms in total. The molecule has 32 heavy (non-hydrogen) atoms. The smallest absolute Gasteiger partial charge is 0.416 e. The van der Waals surface area contributed by atoms with Crippen molar-refractivity contribution in [1.82, 2.24) is 14.5 Å². The number of thiazole rings is 1. The van der Waals surface area contributed by atoms with Crippen molar-refractivity contribution in [1.29, 1.82) is 0 Å². The van der Waals surface area contributed by atoms with E-state index < -0.39 is 17.7 Å². The third-order valence-electron chi connectivity index (χ3n) is 4.93. The van der Waals surface area contributed by atoms with Crippen LogP contribution in [0.4, 0.5) is 13.2 Å². The van der Waals surface area contributed by atoms with Gasteiger partial charge < -0.3 is 14.4 Å². The van der Waals surface area contributed by atoms with Gasteiger partial charge in [0.15, 0.2) is 0 Å². The average molecular weight is 461 g/mol. The fraction of sp³-hybridized carbons (Fsp3) is 0.227. The quantitative estimate of drug-likeness (QED) is 0.413. The summed E-state index contributed by atoms with van der Waals surface area (Å²) in [5, 5.41) is 9.68. The van der Waals surface area contributed by atoms with Crippen molar-refractivity contribution in [2.45, 2.75) is 33.2 Å². The number of ether oxygens (including phenoxy) is 1. The summed E-state index contributed by atoms with van der Waals surface area (Å²) in [5.74, 6) is 0.220. The molecule has 0 bridgehead atoms. The molecular formula is C22H18F3N3O3S. The minimum absolute atomic E-state index is 0.171. The summed E-state index contributed by atoms with van der Waals surface area (Å²) >= 11 is 1.36. The second-order valence-electron chi connectivity index (χ2n) is 7.18. The van der Waals surface area contributed by atoms with Gasteiger partial charge in [-0.2, -0.15) is 13.2 Å². The number of alkyl halides is 3. The SMILES string of the molecule is Cc1nc(-c2ccc(C(F)(F)F)cc2)sc1COc1ccc2c(c1)nc(C)n2CC(=O)O. The summed E-state index contributed by atoms with van der Waals surface area (Å²) < 4.78 is 45.8. The van der Waals surface area contributed by atoms with E-state index in [1.807, 2.05) is 6.92 Å². The monoisotopic (exact) mass is 461 g/mol. The number of halogens is 3. The standard InChI is InChI=1S/C22H18F3N3O3S/c1-12-19(32-21(26-12)14-3-5-15(6-4-14)22(23,24)25)11-31-16-7-8-18-17(9-16)27-13(2)28(18)10-20(29)30/h3-9H,10-11H2,1-2H3,(H,29,30). The van der Waals surface area contributed by atoms with Gasteiger partial charge in [-0.1, -0.05) is 12.1 Å². The number of fused-ring (bicyclic) bond motifs is 1. The summed E-state index contributed by atoms with van der Waals surface area (Å²) in [5.41, 5.74) is 1.99. The molecule has 0 radical (unpaired) electrons. The van der Waals surface area contributed by atoms with Crippen molar-refractivity contribution in [2.75, 3.05) is 0 Å². The van der Waals surface area contributed by atoms with Crippen LogP contribution >= 0.6 is 11.3 Å². The number of hydrogen-bond acceptors (Lipinski definition) is 5. The van der Waals surface area contributed by atoms with Gasteiger partial charge in [0.2, 0.25) is 0 Å². The lowest BCUT2D eigenvalue weighted by Crippen LogP contribution is -2.09. The summed E-state index contributed by atoms with van der Waals surface area (Å²) in [6.45, 7) is 3.63. The van der Waals surface area contributed by atoms with Crippen LogP contribution in [0.1, 0.15) is 22.0 Å². The number of benzene rings is 2. The summed E-state index contributed by atoms with van der Waals surface area (Å²) in [7, 11) is 0. The molecule has 2 heterocycles. The van der Waals surface area contributed by atoms with Crippen LogP contribution < -0.4 is 4.74 Å². The van der Waals surface area contributed by atoms with E-state index in [-0.39, 0.29) is 13.2 Å². The maximum Gasteiger partial charge on any atom is 0.416 e. The van der Waals surface area contributed by atoms with Gasteiger partial charge in [-0.25, -0.2) is 9.97 Å². The number of aliphatic carboxylic acids is 1. The van der Waals surface area contributed by atoms with Crippen molar-refractivity contribution < 1.29 is 27.8 Å². The van der Waals surface area contributed by atoms with Crippen LogP contribution in [0.5, 0.6) is 5.75 Å². The number of carboxylic acids is 1. The Bertz CT molecular complexity index is 1290. The van der Waals surface area contributed by atoms with Crippen molar-refractivity contribution in [3.05, 3.63) is 64.4 Å². The van der Waals surface area contributed by atoms with Gasteiger partial charge in [-0.05, 0) is 38.1 Å². The van der Waals surface area contributed by atoms with Gasteiger partial charge in [0.25, 0.3) is 0 Å². The third kappa shape index (κ3) is 4.45. The highest BCUT2D eigenvalue weighted by Crippen LogP contribution is 2.33. The Kier molecular flexibility index (Phi) is 5.64. The molecule has 4 aromatic rings. The van der Waals surface area contributed by atoms with Crippen LogP contribution in [-0.2, 0) is 24.1 Å². The number of carboxylic acid groups (broad SMARTS) is 1. The Morgan fingerprint density at radius 3 is 2.50 bits per heavy atom. The number of rotatable bonds is 6. The van der Waals surface area contributed by atoms with E-state index in [1.54, 1.807) is 29.7 Å². The molecule has 0 atom stereocenters. The molecule has 0 aliphatic heterocycles. The Hall–Kier alpha value is -3.40. The zero-order valence-corrected chi connectivity index (χ0v) is 17.9. The van der Waals surface area contributed by atoms with Gasteiger partial charge >= 0.3 is 12.1 Å². The van der Waals surface area contributed by atoms with E-state index in [4.69, 9.17) is 9.84 Å². The minimum Gasteiger partial charge on any atom is -0.488 e. The number of nitrogens with zero attached hydrogens (tertiary/aromatic N) is 3. The van der Waals surface area contributed by atoms with Crippen LogP contribution in [0.15, 0.2) is 42.5 Å². The first-order valence-corrected chi connectivity index (χ1v) is 10.4. The van der Waals surface area contributed by atoms with Crippen LogP contribution in [-0.4, -0.2) is 25.6 Å². The van der Waals surface area contributed by atoms with Crippen LogP contribution in [0.2, 0.25) is 0 Å². The molecule has 0 aliphatic rings. The van der Waals surface area contributed by atoms with Crippen molar-refractivity contribution in [3.8, 4) is 16.3 Å². The average Bonchev–Trinajstić information content (AvgIpc) is 3.24. The van der Waals surface area contributed by atoms with Gasteiger partial charge in [0.05, 0.1) is 27.2 Å². The molecular weight excluding hydrogens is 443 g/mol. The molecule has 0 unspecified atom stereocenters. The molecule has 0 saturated carbocycles.